The van der Waals surface area contributed by atoms with Crippen LogP contribution in [0.15, 0.2) is 85.0 Å². The number of benzene rings is 3. The second-order valence-corrected chi connectivity index (χ2v) is 11.1. The summed E-state index contributed by atoms with van der Waals surface area (Å²) in [6.07, 6.45) is 1.43. The highest BCUT2D eigenvalue weighted by atomic mass is 32.1. The first kappa shape index (κ1) is 31.0. The third-order valence-electron chi connectivity index (χ3n) is 7.16. The number of anilines is 1. The Kier molecular flexibility index (Phi) is 9.01. The maximum absolute atomic E-state index is 13.6. The molecular weight excluding hydrogens is 596 g/mol. The Labute approximate surface area is 263 Å². The largest absolute Gasteiger partial charge is 0.507 e. The van der Waals surface area contributed by atoms with E-state index in [1.807, 2.05) is 37.3 Å². The highest BCUT2D eigenvalue weighted by Gasteiger charge is 2.48. The van der Waals surface area contributed by atoms with Crippen molar-refractivity contribution in [3.05, 3.63) is 118 Å². The van der Waals surface area contributed by atoms with Crippen LogP contribution in [-0.2, 0) is 20.9 Å². The summed E-state index contributed by atoms with van der Waals surface area (Å²) in [6, 6.07) is 17.8. The second-order valence-electron chi connectivity index (χ2n) is 10.2. The first-order valence-corrected chi connectivity index (χ1v) is 14.7. The van der Waals surface area contributed by atoms with E-state index in [1.54, 1.807) is 25.1 Å². The van der Waals surface area contributed by atoms with Crippen LogP contribution in [0.1, 0.15) is 43.7 Å². The van der Waals surface area contributed by atoms with E-state index in [-0.39, 0.29) is 39.3 Å². The number of nitrogens with zero attached hydrogens (tertiary/aromatic N) is 2. The molecule has 1 fully saturated rings. The van der Waals surface area contributed by atoms with E-state index in [2.05, 4.69) is 11.6 Å². The molecule has 0 bridgehead atoms. The Morgan fingerprint density at radius 1 is 1.07 bits per heavy atom. The van der Waals surface area contributed by atoms with Crippen LogP contribution >= 0.6 is 11.3 Å². The van der Waals surface area contributed by atoms with Gasteiger partial charge in [0.1, 0.15) is 29.6 Å². The zero-order valence-electron chi connectivity index (χ0n) is 24.8. The summed E-state index contributed by atoms with van der Waals surface area (Å²) in [5, 5.41) is 21.9. The van der Waals surface area contributed by atoms with Crippen molar-refractivity contribution < 1.29 is 38.8 Å². The number of Topliss-reactive ketones (excluding diaryl/α,β-unsaturated/α-hetero) is 1. The normalized spacial score (nSPS) is 15.6. The van der Waals surface area contributed by atoms with Crippen molar-refractivity contribution in [2.75, 3.05) is 18.6 Å². The number of rotatable bonds is 10. The number of amides is 1. The van der Waals surface area contributed by atoms with Crippen molar-refractivity contribution in [2.45, 2.75) is 26.5 Å². The number of ether oxygens (including phenoxy) is 3. The van der Waals surface area contributed by atoms with Gasteiger partial charge in [-0.25, -0.2) is 9.78 Å². The lowest BCUT2D eigenvalue weighted by molar-refractivity contribution is -0.132. The number of ketones is 1. The lowest BCUT2D eigenvalue weighted by Crippen LogP contribution is -2.29. The van der Waals surface area contributed by atoms with Gasteiger partial charge in [-0.1, -0.05) is 60.4 Å². The number of methoxy groups -OCH3 is 1. The van der Waals surface area contributed by atoms with Crippen LogP contribution in [0.3, 0.4) is 0 Å². The Balaban J connectivity index is 1.59. The molecule has 2 heterocycles. The van der Waals surface area contributed by atoms with Crippen LogP contribution in [0.4, 0.5) is 5.13 Å². The molecule has 10 nitrogen and oxygen atoms in total. The average molecular weight is 627 g/mol. The van der Waals surface area contributed by atoms with Crippen molar-refractivity contribution >= 4 is 39.9 Å². The van der Waals surface area contributed by atoms with E-state index >= 15 is 0 Å². The summed E-state index contributed by atoms with van der Waals surface area (Å²) in [6.45, 7) is 7.26. The minimum Gasteiger partial charge on any atom is -0.507 e. The molecule has 1 aliphatic heterocycles. The van der Waals surface area contributed by atoms with Crippen LogP contribution in [-0.4, -0.2) is 46.6 Å². The minimum absolute atomic E-state index is 0.0151. The smallest absolute Gasteiger partial charge is 0.350 e. The minimum atomic E-state index is -1.17. The number of carbonyl (C=O) groups is 3. The van der Waals surface area contributed by atoms with Crippen molar-refractivity contribution in [2.24, 2.45) is 0 Å². The maximum atomic E-state index is 13.6. The number of aryl methyl sites for hydroxylation is 2. The molecular formula is C34H30N2O8S. The molecule has 5 rings (SSSR count). The molecule has 2 N–H and O–H groups in total. The fourth-order valence-corrected chi connectivity index (χ4v) is 5.92. The molecule has 230 valence electrons. The van der Waals surface area contributed by atoms with Crippen LogP contribution in [0, 0.1) is 13.8 Å². The summed E-state index contributed by atoms with van der Waals surface area (Å²) < 4.78 is 16.4. The van der Waals surface area contributed by atoms with E-state index in [0.29, 0.717) is 29.2 Å². The number of aliphatic hydroxyl groups is 1. The first-order valence-electron chi connectivity index (χ1n) is 13.9. The molecule has 0 saturated carbocycles. The van der Waals surface area contributed by atoms with Gasteiger partial charge in [0.05, 0.1) is 24.4 Å². The molecule has 1 aromatic heterocycles. The van der Waals surface area contributed by atoms with Crippen molar-refractivity contribution in [1.29, 1.82) is 0 Å². The number of hydrogen-bond acceptors (Lipinski definition) is 10. The highest BCUT2D eigenvalue weighted by molar-refractivity contribution is 7.17. The molecule has 0 aliphatic carbocycles. The van der Waals surface area contributed by atoms with Gasteiger partial charge in [0.25, 0.3) is 5.78 Å². The lowest BCUT2D eigenvalue weighted by Gasteiger charge is -2.23. The van der Waals surface area contributed by atoms with Gasteiger partial charge in [-0.05, 0) is 60.9 Å². The first-order chi connectivity index (χ1) is 21.6. The Bertz CT molecular complexity index is 1830. The van der Waals surface area contributed by atoms with Crippen molar-refractivity contribution in [1.82, 2.24) is 4.98 Å². The molecule has 11 heteroatoms. The SMILES string of the molecule is C=CCOC(=O)c1sc(N2C(=O)C(=O)/C(=C(/O)c3ccc(OCc4ccccc4)c(C)c3)C2c2ccc(O)c(OC)c2)nc1C. The molecule has 1 aliphatic rings. The van der Waals surface area contributed by atoms with Crippen LogP contribution in [0.25, 0.3) is 5.76 Å². The van der Waals surface area contributed by atoms with Gasteiger partial charge in [-0.15, -0.1) is 0 Å². The number of carbonyl (C=O) groups excluding carboxylic acids is 3. The second kappa shape index (κ2) is 13.1. The number of aromatic nitrogens is 1. The topological polar surface area (TPSA) is 135 Å². The summed E-state index contributed by atoms with van der Waals surface area (Å²) in [5.74, 6) is -2.44. The van der Waals surface area contributed by atoms with Crippen LogP contribution < -0.4 is 14.4 Å². The molecule has 0 spiro atoms. The van der Waals surface area contributed by atoms with E-state index in [9.17, 15) is 24.6 Å². The van der Waals surface area contributed by atoms with Gasteiger partial charge in [-0.2, -0.15) is 0 Å². The fourth-order valence-electron chi connectivity index (χ4n) is 4.93. The summed E-state index contributed by atoms with van der Waals surface area (Å²) >= 11 is 0.882. The van der Waals surface area contributed by atoms with E-state index in [4.69, 9.17) is 14.2 Å². The number of thiazole rings is 1. The summed E-state index contributed by atoms with van der Waals surface area (Å²) in [7, 11) is 1.37. The maximum Gasteiger partial charge on any atom is 0.350 e. The van der Waals surface area contributed by atoms with Gasteiger partial charge in [0.2, 0.25) is 0 Å². The van der Waals surface area contributed by atoms with Gasteiger partial charge in [-0.3, -0.25) is 14.5 Å². The standard InChI is InChI=1S/C34H30N2O8S/c1-5-15-43-33(41)31-20(3)35-34(45-31)36-28(22-11-13-24(37)26(17-22)42-4)27(30(39)32(36)40)29(38)23-12-14-25(19(2)16-23)44-18-21-9-7-6-8-10-21/h5-14,16-17,28,37-38H,1,15,18H2,2-4H3/b29-27+. The highest BCUT2D eigenvalue weighted by Crippen LogP contribution is 2.45. The molecule has 1 atom stereocenters. The molecule has 1 saturated heterocycles. The zero-order chi connectivity index (χ0) is 32.2. The monoisotopic (exact) mass is 626 g/mol. The average Bonchev–Trinajstić information content (AvgIpc) is 3.55. The third kappa shape index (κ3) is 6.16. The number of aromatic hydroxyl groups is 1. The van der Waals surface area contributed by atoms with Gasteiger partial charge in [0, 0.05) is 5.56 Å². The molecule has 1 unspecified atom stereocenters. The van der Waals surface area contributed by atoms with E-state index in [0.717, 1.165) is 21.8 Å². The Morgan fingerprint density at radius 2 is 1.82 bits per heavy atom. The zero-order valence-corrected chi connectivity index (χ0v) is 25.6. The lowest BCUT2D eigenvalue weighted by atomic mass is 9.94. The van der Waals surface area contributed by atoms with Crippen LogP contribution in [0.2, 0.25) is 0 Å². The number of aliphatic hydroxyl groups excluding tert-OH is 1. The third-order valence-corrected chi connectivity index (χ3v) is 8.30. The predicted molar refractivity (Wildman–Crippen MR) is 169 cm³/mol. The van der Waals surface area contributed by atoms with E-state index < -0.39 is 29.5 Å². The summed E-state index contributed by atoms with van der Waals surface area (Å²) in [5.41, 5.74) is 2.43. The molecule has 0 radical (unpaired) electrons. The van der Waals surface area contributed by atoms with Crippen LogP contribution in [0.5, 0.6) is 17.2 Å². The number of phenolic OH excluding ortho intramolecular Hbond substituents is 1. The molecule has 1 amide bonds. The van der Waals surface area contributed by atoms with Gasteiger partial charge < -0.3 is 24.4 Å². The Morgan fingerprint density at radius 3 is 2.51 bits per heavy atom. The molecule has 3 aromatic carbocycles. The Hall–Kier alpha value is -5.42. The van der Waals surface area contributed by atoms with E-state index in [1.165, 1.54) is 31.4 Å². The fraction of sp³-hybridized carbons (Fsp3) is 0.176. The van der Waals surface area contributed by atoms with Gasteiger partial charge >= 0.3 is 11.9 Å². The molecule has 45 heavy (non-hydrogen) atoms. The molecule has 4 aromatic rings. The summed E-state index contributed by atoms with van der Waals surface area (Å²) in [4.78, 5) is 45.6. The predicted octanol–water partition coefficient (Wildman–Crippen LogP) is 6.02. The number of esters is 1. The van der Waals surface area contributed by atoms with Gasteiger partial charge in [0.15, 0.2) is 16.6 Å². The van der Waals surface area contributed by atoms with Crippen molar-refractivity contribution in [3.8, 4) is 17.2 Å². The quantitative estimate of drug-likeness (QED) is 0.0712. The number of hydrogen-bond donors (Lipinski definition) is 2. The van der Waals surface area contributed by atoms with Crippen molar-refractivity contribution in [3.63, 3.8) is 0 Å². The number of phenols is 1.